The maximum Gasteiger partial charge on any atom is 0.258 e. The average Bonchev–Trinajstić information content (AvgIpc) is 2.52. The van der Waals surface area contributed by atoms with Gasteiger partial charge in [-0.25, -0.2) is 4.39 Å². The van der Waals surface area contributed by atoms with E-state index in [1.54, 1.807) is 7.11 Å². The highest BCUT2D eigenvalue weighted by Gasteiger charge is 2.08. The highest BCUT2D eigenvalue weighted by atomic mass is 79.9. The number of carbonyl (C=O) groups excluding carboxylic acids is 1. The van der Waals surface area contributed by atoms with Crippen LogP contribution in [-0.4, -0.2) is 19.6 Å². The van der Waals surface area contributed by atoms with Gasteiger partial charge in [0.2, 0.25) is 0 Å². The van der Waals surface area contributed by atoms with Gasteiger partial charge >= 0.3 is 0 Å². The van der Waals surface area contributed by atoms with Crippen LogP contribution < -0.4 is 14.8 Å². The minimum Gasteiger partial charge on any atom is -0.496 e. The first-order valence-electron chi connectivity index (χ1n) is 6.56. The summed E-state index contributed by atoms with van der Waals surface area (Å²) in [6, 6.07) is 11.4. The lowest BCUT2D eigenvalue weighted by Gasteiger charge is -2.11. The largest absolute Gasteiger partial charge is 0.496 e. The molecule has 0 saturated heterocycles. The molecule has 1 amide bonds. The lowest BCUT2D eigenvalue weighted by atomic mass is 10.2. The Kier molecular flexibility index (Phi) is 5.77. The first kappa shape index (κ1) is 16.3. The van der Waals surface area contributed by atoms with Gasteiger partial charge in [-0.05, 0) is 40.2 Å². The molecule has 0 atom stereocenters. The summed E-state index contributed by atoms with van der Waals surface area (Å²) in [4.78, 5) is 11.8. The van der Waals surface area contributed by atoms with Crippen molar-refractivity contribution >= 4 is 21.8 Å². The molecule has 6 heteroatoms. The van der Waals surface area contributed by atoms with Crippen LogP contribution in [0.4, 0.5) is 4.39 Å². The third-order valence-corrected chi connectivity index (χ3v) is 3.54. The normalized spacial score (nSPS) is 10.1. The van der Waals surface area contributed by atoms with Crippen LogP contribution in [0.15, 0.2) is 46.9 Å². The number of halogens is 2. The Morgan fingerprint density at radius 2 is 2.00 bits per heavy atom. The Labute approximate surface area is 136 Å². The zero-order valence-corrected chi connectivity index (χ0v) is 13.5. The fraction of sp³-hybridized carbons (Fsp3) is 0.188. The summed E-state index contributed by atoms with van der Waals surface area (Å²) in [5, 5.41) is 2.74. The third kappa shape index (κ3) is 4.46. The number of nitrogens with one attached hydrogen (secondary N) is 1. The van der Waals surface area contributed by atoms with E-state index in [2.05, 4.69) is 21.2 Å². The van der Waals surface area contributed by atoms with Gasteiger partial charge in [0, 0.05) is 12.1 Å². The Bertz CT molecular complexity index is 664. The molecule has 0 bridgehead atoms. The Balaban J connectivity index is 1.85. The molecule has 0 heterocycles. The fourth-order valence-corrected chi connectivity index (χ4v) is 2.29. The van der Waals surface area contributed by atoms with E-state index in [4.69, 9.17) is 9.47 Å². The first-order valence-corrected chi connectivity index (χ1v) is 7.36. The first-order chi connectivity index (χ1) is 10.6. The summed E-state index contributed by atoms with van der Waals surface area (Å²) in [6.45, 7) is 0.191. The van der Waals surface area contributed by atoms with Gasteiger partial charge in [0.15, 0.2) is 6.61 Å². The van der Waals surface area contributed by atoms with E-state index in [1.807, 2.05) is 24.3 Å². The van der Waals surface area contributed by atoms with Crippen LogP contribution in [0.3, 0.4) is 0 Å². The second kappa shape index (κ2) is 7.79. The van der Waals surface area contributed by atoms with Gasteiger partial charge in [0.25, 0.3) is 5.91 Å². The Morgan fingerprint density at radius 1 is 1.23 bits per heavy atom. The Hall–Kier alpha value is -2.08. The van der Waals surface area contributed by atoms with Crippen molar-refractivity contribution in [1.29, 1.82) is 0 Å². The standard InChI is InChI=1S/C16H15BrFNO3/c1-21-14-5-3-2-4-11(14)9-19-16(20)10-22-15-7-6-12(18)8-13(15)17/h2-8H,9-10H2,1H3,(H,19,20). The summed E-state index contributed by atoms with van der Waals surface area (Å²) in [5.74, 6) is 0.473. The van der Waals surface area contributed by atoms with Crippen molar-refractivity contribution in [3.63, 3.8) is 0 Å². The van der Waals surface area contributed by atoms with Gasteiger partial charge in [-0.3, -0.25) is 4.79 Å². The minimum atomic E-state index is -0.375. The Morgan fingerprint density at radius 3 is 2.73 bits per heavy atom. The highest BCUT2D eigenvalue weighted by Crippen LogP contribution is 2.25. The maximum atomic E-state index is 12.9. The van der Waals surface area contributed by atoms with Gasteiger partial charge < -0.3 is 14.8 Å². The van der Waals surface area contributed by atoms with Crippen molar-refractivity contribution in [1.82, 2.24) is 5.32 Å². The predicted molar refractivity (Wildman–Crippen MR) is 84.4 cm³/mol. The van der Waals surface area contributed by atoms with E-state index < -0.39 is 0 Å². The van der Waals surface area contributed by atoms with Crippen molar-refractivity contribution < 1.29 is 18.7 Å². The molecule has 4 nitrogen and oxygen atoms in total. The summed E-state index contributed by atoms with van der Waals surface area (Å²) in [7, 11) is 1.58. The molecule has 0 aromatic heterocycles. The van der Waals surface area contributed by atoms with Crippen molar-refractivity contribution in [3.8, 4) is 11.5 Å². The maximum absolute atomic E-state index is 12.9. The van der Waals surface area contributed by atoms with Crippen LogP contribution in [0.1, 0.15) is 5.56 Å². The zero-order valence-electron chi connectivity index (χ0n) is 11.9. The molecule has 0 aliphatic rings. The van der Waals surface area contributed by atoms with Crippen LogP contribution >= 0.6 is 15.9 Å². The van der Waals surface area contributed by atoms with Crippen molar-refractivity contribution in [2.45, 2.75) is 6.54 Å². The van der Waals surface area contributed by atoms with E-state index in [9.17, 15) is 9.18 Å². The van der Waals surface area contributed by atoms with Crippen molar-refractivity contribution in [2.75, 3.05) is 13.7 Å². The number of hydrogen-bond donors (Lipinski definition) is 1. The molecule has 2 rings (SSSR count). The highest BCUT2D eigenvalue weighted by molar-refractivity contribution is 9.10. The number of carbonyl (C=O) groups is 1. The molecule has 116 valence electrons. The van der Waals surface area contributed by atoms with Crippen LogP contribution in [0.25, 0.3) is 0 Å². The summed E-state index contributed by atoms with van der Waals surface area (Å²) in [6.07, 6.45) is 0. The van der Waals surface area contributed by atoms with E-state index in [1.165, 1.54) is 18.2 Å². The van der Waals surface area contributed by atoms with Crippen molar-refractivity contribution in [2.24, 2.45) is 0 Å². The lowest BCUT2D eigenvalue weighted by molar-refractivity contribution is -0.123. The topological polar surface area (TPSA) is 47.6 Å². The predicted octanol–water partition coefficient (Wildman–Crippen LogP) is 3.29. The van der Waals surface area contributed by atoms with Gasteiger partial charge in [-0.15, -0.1) is 0 Å². The molecule has 0 fully saturated rings. The number of ether oxygens (including phenoxy) is 2. The molecule has 2 aromatic carbocycles. The number of methoxy groups -OCH3 is 1. The zero-order chi connectivity index (χ0) is 15.9. The SMILES string of the molecule is COc1ccccc1CNC(=O)COc1ccc(F)cc1Br. The van der Waals surface area contributed by atoms with E-state index in [0.29, 0.717) is 22.5 Å². The molecule has 0 radical (unpaired) electrons. The molecule has 1 N–H and O–H groups in total. The summed E-state index contributed by atoms with van der Waals surface area (Å²) in [5.41, 5.74) is 0.876. The molecule has 0 unspecified atom stereocenters. The molecular formula is C16H15BrFNO3. The molecule has 2 aromatic rings. The van der Waals surface area contributed by atoms with Gasteiger partial charge in [-0.2, -0.15) is 0 Å². The molecule has 0 aliphatic heterocycles. The quantitative estimate of drug-likeness (QED) is 0.851. The van der Waals surface area contributed by atoms with E-state index >= 15 is 0 Å². The summed E-state index contributed by atoms with van der Waals surface area (Å²) < 4.78 is 24.0. The van der Waals surface area contributed by atoms with E-state index in [-0.39, 0.29) is 18.3 Å². The number of amides is 1. The number of hydrogen-bond acceptors (Lipinski definition) is 3. The van der Waals surface area contributed by atoms with Crippen LogP contribution in [0, 0.1) is 5.82 Å². The molecule has 22 heavy (non-hydrogen) atoms. The monoisotopic (exact) mass is 367 g/mol. The van der Waals surface area contributed by atoms with Crippen LogP contribution in [0.5, 0.6) is 11.5 Å². The number of rotatable bonds is 6. The molecule has 0 aliphatic carbocycles. The number of benzene rings is 2. The van der Waals surface area contributed by atoms with Crippen LogP contribution in [0.2, 0.25) is 0 Å². The number of para-hydroxylation sites is 1. The third-order valence-electron chi connectivity index (χ3n) is 2.92. The fourth-order valence-electron chi connectivity index (χ4n) is 1.83. The van der Waals surface area contributed by atoms with Gasteiger partial charge in [-0.1, -0.05) is 18.2 Å². The average molecular weight is 368 g/mol. The van der Waals surface area contributed by atoms with Crippen molar-refractivity contribution in [3.05, 3.63) is 58.3 Å². The van der Waals surface area contributed by atoms with E-state index in [0.717, 1.165) is 5.56 Å². The summed E-state index contributed by atoms with van der Waals surface area (Å²) >= 11 is 3.18. The lowest BCUT2D eigenvalue weighted by Crippen LogP contribution is -2.28. The molecule has 0 spiro atoms. The van der Waals surface area contributed by atoms with Gasteiger partial charge in [0.1, 0.15) is 17.3 Å². The van der Waals surface area contributed by atoms with Crippen LogP contribution in [-0.2, 0) is 11.3 Å². The second-order valence-corrected chi connectivity index (χ2v) is 5.31. The minimum absolute atomic E-state index is 0.153. The van der Waals surface area contributed by atoms with Gasteiger partial charge in [0.05, 0.1) is 11.6 Å². The molecular weight excluding hydrogens is 353 g/mol. The smallest absolute Gasteiger partial charge is 0.258 e. The second-order valence-electron chi connectivity index (χ2n) is 4.45. The molecule has 0 saturated carbocycles.